The van der Waals surface area contributed by atoms with Gasteiger partial charge in [-0.3, -0.25) is 14.4 Å². The highest BCUT2D eigenvalue weighted by Crippen LogP contribution is 2.67. The molecule has 4 fully saturated rings. The molecule has 0 saturated heterocycles. The molecule has 0 N–H and O–H groups in total. The van der Waals surface area contributed by atoms with Gasteiger partial charge in [-0.15, -0.1) is 0 Å². The van der Waals surface area contributed by atoms with Gasteiger partial charge in [0.1, 0.15) is 5.78 Å². The van der Waals surface area contributed by atoms with Gasteiger partial charge in [0.15, 0.2) is 0 Å². The van der Waals surface area contributed by atoms with E-state index >= 15 is 0 Å². The Hall–Kier alpha value is -1.39. The van der Waals surface area contributed by atoms with Gasteiger partial charge in [0.05, 0.1) is 19.6 Å². The summed E-state index contributed by atoms with van der Waals surface area (Å²) in [6, 6.07) is 0. The summed E-state index contributed by atoms with van der Waals surface area (Å²) in [5.41, 5.74) is -0.0838. The Labute approximate surface area is 199 Å². The number of carbonyl (C=O) groups excluding carboxylic acids is 3. The van der Waals surface area contributed by atoms with Crippen LogP contribution in [0.5, 0.6) is 0 Å². The Bertz CT molecular complexity index is 776. The first-order valence-corrected chi connectivity index (χ1v) is 13.4. The fraction of sp³-hybridized carbons (Fsp3) is 0.893. The topological polar surface area (TPSA) is 69.7 Å². The van der Waals surface area contributed by atoms with Gasteiger partial charge in [0, 0.05) is 18.3 Å². The number of methoxy groups -OCH3 is 1. The molecule has 186 valence electrons. The van der Waals surface area contributed by atoms with Crippen LogP contribution < -0.4 is 0 Å². The molecule has 0 aromatic rings. The number of rotatable bonds is 6. The summed E-state index contributed by atoms with van der Waals surface area (Å²) in [7, 11) is 1.45. The first-order valence-electron chi connectivity index (χ1n) is 13.4. The van der Waals surface area contributed by atoms with Crippen molar-refractivity contribution in [2.75, 3.05) is 13.7 Å². The van der Waals surface area contributed by atoms with E-state index in [2.05, 4.69) is 20.8 Å². The lowest BCUT2D eigenvalue weighted by atomic mass is 9.43. The number of hydrogen-bond acceptors (Lipinski definition) is 5. The zero-order valence-corrected chi connectivity index (χ0v) is 21.4. The molecule has 4 rings (SSSR count). The van der Waals surface area contributed by atoms with Crippen molar-refractivity contribution in [1.82, 2.24) is 0 Å². The highest BCUT2D eigenvalue weighted by molar-refractivity contribution is 5.87. The van der Waals surface area contributed by atoms with Crippen molar-refractivity contribution in [2.45, 2.75) is 91.9 Å². The monoisotopic (exact) mass is 460 g/mol. The van der Waals surface area contributed by atoms with Crippen molar-refractivity contribution in [3.63, 3.8) is 0 Å². The molecule has 0 aliphatic heterocycles. The predicted molar refractivity (Wildman–Crippen MR) is 126 cm³/mol. The first kappa shape index (κ1) is 24.7. The van der Waals surface area contributed by atoms with E-state index in [0.717, 1.165) is 38.5 Å². The number of carbonyl (C=O) groups is 3. The van der Waals surface area contributed by atoms with Gasteiger partial charge in [0.2, 0.25) is 0 Å². The first-order chi connectivity index (χ1) is 15.7. The molecule has 0 bridgehead atoms. The lowest BCUT2D eigenvalue weighted by molar-refractivity contribution is -0.165. The number of fused-ring (bicyclic) bond motifs is 5. The minimum absolute atomic E-state index is 0.0199. The van der Waals surface area contributed by atoms with Crippen LogP contribution in [-0.2, 0) is 23.9 Å². The average molecular weight is 461 g/mol. The minimum atomic E-state index is -0.248. The second-order valence-corrected chi connectivity index (χ2v) is 12.1. The Balaban J connectivity index is 1.50. The molecule has 5 nitrogen and oxygen atoms in total. The molecule has 4 aliphatic carbocycles. The van der Waals surface area contributed by atoms with Crippen LogP contribution in [0.4, 0.5) is 0 Å². The van der Waals surface area contributed by atoms with E-state index in [1.54, 1.807) is 0 Å². The summed E-state index contributed by atoms with van der Waals surface area (Å²) in [6.45, 7) is 9.25. The third kappa shape index (κ3) is 4.05. The largest absolute Gasteiger partial charge is 0.469 e. The number of ketones is 1. The van der Waals surface area contributed by atoms with Gasteiger partial charge in [0.25, 0.3) is 0 Å². The summed E-state index contributed by atoms with van der Waals surface area (Å²) >= 11 is 0. The zero-order valence-electron chi connectivity index (χ0n) is 21.4. The van der Waals surface area contributed by atoms with Crippen LogP contribution in [0.3, 0.4) is 0 Å². The highest BCUT2D eigenvalue weighted by Gasteiger charge is 2.64. The summed E-state index contributed by atoms with van der Waals surface area (Å²) in [5.74, 6) is 3.11. The molecule has 4 aliphatic rings. The molecule has 0 radical (unpaired) electrons. The van der Waals surface area contributed by atoms with Crippen molar-refractivity contribution < 1.29 is 23.9 Å². The summed E-state index contributed by atoms with van der Waals surface area (Å²) in [4.78, 5) is 38.0. The fourth-order valence-electron chi connectivity index (χ4n) is 9.03. The van der Waals surface area contributed by atoms with E-state index < -0.39 is 0 Å². The molecule has 0 unspecified atom stereocenters. The van der Waals surface area contributed by atoms with Gasteiger partial charge >= 0.3 is 11.9 Å². The van der Waals surface area contributed by atoms with Gasteiger partial charge < -0.3 is 9.47 Å². The SMILES string of the molecule is CCOC(=O)[C@H]1CC[C@@]2(C)[C@@H](CC[C@@H]3[C@@H]2CC(=O)[C@]2(C)[C@@H]([C@@H](C)CCC(=O)OC)CC[C@@H]32)C1. The maximum Gasteiger partial charge on any atom is 0.308 e. The third-order valence-corrected chi connectivity index (χ3v) is 10.9. The van der Waals surface area contributed by atoms with Crippen LogP contribution >= 0.6 is 0 Å². The van der Waals surface area contributed by atoms with Crippen molar-refractivity contribution in [2.24, 2.45) is 52.3 Å². The maximum absolute atomic E-state index is 13.9. The molecule has 0 amide bonds. The second-order valence-electron chi connectivity index (χ2n) is 12.1. The van der Waals surface area contributed by atoms with Crippen LogP contribution in [0.25, 0.3) is 0 Å². The standard InChI is InChI=1S/C28H44O5/c1-6-33-26(31)18-13-14-27(3)19(15-18)8-9-20-22-11-10-21(17(2)7-12-25(30)32-5)28(22,4)24(29)16-23(20)27/h17-23H,6-16H2,1-5H3/t17-,18-,19-,20-,21+,22-,23-,27-,28+/m0/s1. The van der Waals surface area contributed by atoms with Crippen LogP contribution in [0.2, 0.25) is 0 Å². The van der Waals surface area contributed by atoms with Gasteiger partial charge in [-0.2, -0.15) is 0 Å². The minimum Gasteiger partial charge on any atom is -0.469 e. The maximum atomic E-state index is 13.9. The number of esters is 2. The molecule has 0 spiro atoms. The molecule has 9 atom stereocenters. The smallest absolute Gasteiger partial charge is 0.308 e. The van der Waals surface area contributed by atoms with Crippen molar-refractivity contribution in [3.8, 4) is 0 Å². The third-order valence-electron chi connectivity index (χ3n) is 10.9. The van der Waals surface area contributed by atoms with Crippen molar-refractivity contribution in [1.29, 1.82) is 0 Å². The second kappa shape index (κ2) is 9.34. The van der Waals surface area contributed by atoms with Gasteiger partial charge in [-0.25, -0.2) is 0 Å². The van der Waals surface area contributed by atoms with E-state index in [-0.39, 0.29) is 28.7 Å². The molecule has 0 aromatic heterocycles. The number of hydrogen-bond donors (Lipinski definition) is 0. The summed E-state index contributed by atoms with van der Waals surface area (Å²) in [5, 5.41) is 0. The molecular formula is C28H44O5. The number of Topliss-reactive ketones (excluding diaryl/α,β-unsaturated/α-hetero) is 1. The van der Waals surface area contributed by atoms with E-state index in [4.69, 9.17) is 9.47 Å². The lowest BCUT2D eigenvalue weighted by Gasteiger charge is -2.60. The lowest BCUT2D eigenvalue weighted by Crippen LogP contribution is -2.57. The molecule has 5 heteroatoms. The van der Waals surface area contributed by atoms with E-state index in [1.165, 1.54) is 20.0 Å². The highest BCUT2D eigenvalue weighted by atomic mass is 16.5. The van der Waals surface area contributed by atoms with Crippen LogP contribution in [0, 0.1) is 52.3 Å². The quantitative estimate of drug-likeness (QED) is 0.483. The van der Waals surface area contributed by atoms with Crippen molar-refractivity contribution >= 4 is 17.7 Å². The van der Waals surface area contributed by atoms with Gasteiger partial charge in [-0.05, 0) is 99.2 Å². The van der Waals surface area contributed by atoms with Gasteiger partial charge in [-0.1, -0.05) is 20.8 Å². The van der Waals surface area contributed by atoms with Crippen LogP contribution in [0.1, 0.15) is 91.9 Å². The Morgan fingerprint density at radius 3 is 2.55 bits per heavy atom. The summed E-state index contributed by atoms with van der Waals surface area (Å²) < 4.78 is 10.2. The molecule has 0 heterocycles. The molecule has 4 saturated carbocycles. The van der Waals surface area contributed by atoms with E-state index in [1.807, 2.05) is 6.92 Å². The fourth-order valence-corrected chi connectivity index (χ4v) is 9.03. The van der Waals surface area contributed by atoms with E-state index in [9.17, 15) is 14.4 Å². The number of ether oxygens (including phenoxy) is 2. The van der Waals surface area contributed by atoms with Crippen LogP contribution in [0.15, 0.2) is 0 Å². The Kier molecular flexibility index (Phi) is 7.00. The molecule has 0 aromatic carbocycles. The molecular weight excluding hydrogens is 416 g/mol. The van der Waals surface area contributed by atoms with Crippen LogP contribution in [-0.4, -0.2) is 31.4 Å². The Morgan fingerprint density at radius 1 is 1.09 bits per heavy atom. The Morgan fingerprint density at radius 2 is 1.85 bits per heavy atom. The van der Waals surface area contributed by atoms with E-state index in [0.29, 0.717) is 60.7 Å². The van der Waals surface area contributed by atoms with Crippen molar-refractivity contribution in [3.05, 3.63) is 0 Å². The predicted octanol–water partition coefficient (Wildman–Crippen LogP) is 5.59. The normalized spacial score (nSPS) is 43.1. The zero-order chi connectivity index (χ0) is 24.0. The molecule has 33 heavy (non-hydrogen) atoms. The summed E-state index contributed by atoms with van der Waals surface area (Å²) in [6.07, 6.45) is 9.43. The average Bonchev–Trinajstić information content (AvgIpc) is 3.16.